The van der Waals surface area contributed by atoms with E-state index < -0.39 is 10.8 Å². The molecule has 0 aliphatic heterocycles. The summed E-state index contributed by atoms with van der Waals surface area (Å²) in [6.45, 7) is 4.20. The molecular weight excluding hydrogens is 258 g/mol. The molecule has 2 N–H and O–H groups in total. The van der Waals surface area contributed by atoms with Crippen molar-refractivity contribution in [2.24, 2.45) is 11.7 Å². The lowest BCUT2D eigenvalue weighted by Crippen LogP contribution is -2.36. The highest BCUT2D eigenvalue weighted by molar-refractivity contribution is 7.85. The van der Waals surface area contributed by atoms with Gasteiger partial charge in [-0.05, 0) is 42.0 Å². The van der Waals surface area contributed by atoms with Crippen LogP contribution in [0.4, 0.5) is 0 Å². The third-order valence-electron chi connectivity index (χ3n) is 3.64. The average Bonchev–Trinajstić information content (AvgIpc) is 2.37. The largest absolute Gasteiger partial charge is 0.497 e. The van der Waals surface area contributed by atoms with Crippen molar-refractivity contribution in [1.29, 1.82) is 0 Å². The molecule has 3 nitrogen and oxygen atoms in total. The fraction of sp³-hybridized carbons (Fsp3) is 0.600. The van der Waals surface area contributed by atoms with Gasteiger partial charge in [0, 0.05) is 22.6 Å². The monoisotopic (exact) mass is 281 g/mol. The standard InChI is InChI=1S/C15H23NO2S/c1-10(2)9-19(17)14-7-4-11-8-12(18-3)5-6-13(11)15(14)16/h5-6,8,10,14-15H,4,7,9,16H2,1-3H3. The Labute approximate surface area is 118 Å². The minimum Gasteiger partial charge on any atom is -0.497 e. The first-order valence-corrected chi connectivity index (χ1v) is 8.20. The van der Waals surface area contributed by atoms with E-state index >= 15 is 0 Å². The summed E-state index contributed by atoms with van der Waals surface area (Å²) in [5, 5.41) is 0.0864. The summed E-state index contributed by atoms with van der Waals surface area (Å²) in [6.07, 6.45) is 1.84. The van der Waals surface area contributed by atoms with E-state index in [2.05, 4.69) is 19.9 Å². The number of methoxy groups -OCH3 is 1. The normalized spacial score (nSPS) is 24.1. The molecule has 1 aliphatic rings. The Balaban J connectivity index is 2.20. The van der Waals surface area contributed by atoms with E-state index in [1.165, 1.54) is 5.56 Å². The molecule has 0 aromatic heterocycles. The van der Waals surface area contributed by atoms with Gasteiger partial charge in [-0.2, -0.15) is 0 Å². The van der Waals surface area contributed by atoms with Crippen molar-refractivity contribution in [3.05, 3.63) is 29.3 Å². The molecule has 0 bridgehead atoms. The highest BCUT2D eigenvalue weighted by Crippen LogP contribution is 2.33. The lowest BCUT2D eigenvalue weighted by atomic mass is 9.87. The minimum atomic E-state index is -0.837. The highest BCUT2D eigenvalue weighted by atomic mass is 32.2. The molecule has 0 spiro atoms. The topological polar surface area (TPSA) is 52.3 Å². The summed E-state index contributed by atoms with van der Waals surface area (Å²) in [7, 11) is 0.834. The number of ether oxygens (including phenoxy) is 1. The molecule has 0 saturated carbocycles. The summed E-state index contributed by atoms with van der Waals surface area (Å²) in [5.74, 6) is 2.06. The summed E-state index contributed by atoms with van der Waals surface area (Å²) in [6, 6.07) is 5.90. The first kappa shape index (κ1) is 14.5. The molecule has 0 fully saturated rings. The molecule has 2 rings (SSSR count). The first-order valence-electron chi connectivity index (χ1n) is 6.82. The Kier molecular flexibility index (Phi) is 4.63. The van der Waals surface area contributed by atoms with Gasteiger partial charge in [0.2, 0.25) is 0 Å². The molecule has 1 aliphatic carbocycles. The van der Waals surface area contributed by atoms with E-state index in [0.29, 0.717) is 5.92 Å². The second-order valence-electron chi connectivity index (χ2n) is 5.61. The molecule has 3 atom stereocenters. The number of benzene rings is 1. The number of nitrogens with two attached hydrogens (primary N) is 1. The predicted octanol–water partition coefficient (Wildman–Crippen LogP) is 2.41. The summed E-state index contributed by atoms with van der Waals surface area (Å²) < 4.78 is 17.6. The molecule has 0 heterocycles. The Hall–Kier alpha value is -0.870. The van der Waals surface area contributed by atoms with Crippen molar-refractivity contribution in [2.75, 3.05) is 12.9 Å². The van der Waals surface area contributed by atoms with Crippen LogP contribution in [-0.2, 0) is 17.2 Å². The molecule has 1 aromatic rings. The number of hydrogen-bond donors (Lipinski definition) is 1. The Morgan fingerprint density at radius 2 is 2.21 bits per heavy atom. The van der Waals surface area contributed by atoms with E-state index in [1.54, 1.807) is 7.11 Å². The Bertz CT molecular complexity index is 473. The summed E-state index contributed by atoms with van der Waals surface area (Å²) in [4.78, 5) is 0. The molecular formula is C15H23NO2S. The van der Waals surface area contributed by atoms with Crippen LogP contribution in [-0.4, -0.2) is 22.3 Å². The number of rotatable bonds is 4. The maximum atomic E-state index is 12.4. The maximum Gasteiger partial charge on any atom is 0.119 e. The van der Waals surface area contributed by atoms with Gasteiger partial charge < -0.3 is 10.5 Å². The van der Waals surface area contributed by atoms with Crippen LogP contribution in [0.2, 0.25) is 0 Å². The summed E-state index contributed by atoms with van der Waals surface area (Å²) >= 11 is 0. The maximum absolute atomic E-state index is 12.4. The Morgan fingerprint density at radius 3 is 2.84 bits per heavy atom. The van der Waals surface area contributed by atoms with Crippen LogP contribution in [0.1, 0.15) is 37.4 Å². The molecule has 106 valence electrons. The van der Waals surface area contributed by atoms with Crippen molar-refractivity contribution < 1.29 is 8.95 Å². The van der Waals surface area contributed by atoms with Gasteiger partial charge in [0.05, 0.1) is 12.4 Å². The van der Waals surface area contributed by atoms with Crippen LogP contribution in [0.25, 0.3) is 0 Å². The van der Waals surface area contributed by atoms with Gasteiger partial charge in [-0.1, -0.05) is 19.9 Å². The van der Waals surface area contributed by atoms with E-state index in [0.717, 1.165) is 29.9 Å². The van der Waals surface area contributed by atoms with Crippen molar-refractivity contribution in [3.8, 4) is 5.75 Å². The average molecular weight is 281 g/mol. The third kappa shape index (κ3) is 3.18. The van der Waals surface area contributed by atoms with Crippen LogP contribution in [0.5, 0.6) is 5.75 Å². The fourth-order valence-electron chi connectivity index (χ4n) is 2.68. The zero-order valence-corrected chi connectivity index (χ0v) is 12.7. The number of fused-ring (bicyclic) bond motifs is 1. The fourth-order valence-corrected chi connectivity index (χ4v) is 4.43. The van der Waals surface area contributed by atoms with Crippen molar-refractivity contribution >= 4 is 10.8 Å². The molecule has 19 heavy (non-hydrogen) atoms. The molecule has 1 aromatic carbocycles. The van der Waals surface area contributed by atoms with Crippen molar-refractivity contribution in [2.45, 2.75) is 38.0 Å². The van der Waals surface area contributed by atoms with E-state index in [1.807, 2.05) is 12.1 Å². The zero-order chi connectivity index (χ0) is 14.0. The molecule has 0 saturated heterocycles. The third-order valence-corrected chi connectivity index (χ3v) is 5.84. The van der Waals surface area contributed by atoms with Gasteiger partial charge >= 0.3 is 0 Å². The smallest absolute Gasteiger partial charge is 0.119 e. The van der Waals surface area contributed by atoms with Crippen LogP contribution in [0.15, 0.2) is 18.2 Å². The lowest BCUT2D eigenvalue weighted by molar-refractivity contribution is 0.413. The van der Waals surface area contributed by atoms with Gasteiger partial charge in [0.25, 0.3) is 0 Å². The molecule has 4 heteroatoms. The SMILES string of the molecule is COc1ccc2c(c1)CCC(S(=O)CC(C)C)C2N. The van der Waals surface area contributed by atoms with E-state index in [9.17, 15) is 4.21 Å². The van der Waals surface area contributed by atoms with Crippen LogP contribution in [0.3, 0.4) is 0 Å². The Morgan fingerprint density at radius 1 is 1.47 bits per heavy atom. The van der Waals surface area contributed by atoms with Gasteiger partial charge in [-0.15, -0.1) is 0 Å². The van der Waals surface area contributed by atoms with E-state index in [4.69, 9.17) is 10.5 Å². The second-order valence-corrected chi connectivity index (χ2v) is 7.31. The lowest BCUT2D eigenvalue weighted by Gasteiger charge is -2.31. The molecule has 0 amide bonds. The van der Waals surface area contributed by atoms with Gasteiger partial charge in [0.1, 0.15) is 5.75 Å². The van der Waals surface area contributed by atoms with Crippen LogP contribution < -0.4 is 10.5 Å². The van der Waals surface area contributed by atoms with Crippen LogP contribution >= 0.6 is 0 Å². The highest BCUT2D eigenvalue weighted by Gasteiger charge is 2.31. The van der Waals surface area contributed by atoms with Gasteiger partial charge in [0.15, 0.2) is 0 Å². The first-order chi connectivity index (χ1) is 9.02. The van der Waals surface area contributed by atoms with Gasteiger partial charge in [-0.3, -0.25) is 4.21 Å². The van der Waals surface area contributed by atoms with Gasteiger partial charge in [-0.25, -0.2) is 0 Å². The summed E-state index contributed by atoms with van der Waals surface area (Å²) in [5.41, 5.74) is 8.70. The second kappa shape index (κ2) is 6.06. The van der Waals surface area contributed by atoms with Crippen molar-refractivity contribution in [3.63, 3.8) is 0 Å². The number of aryl methyl sites for hydroxylation is 1. The van der Waals surface area contributed by atoms with E-state index in [-0.39, 0.29) is 11.3 Å². The zero-order valence-electron chi connectivity index (χ0n) is 11.9. The predicted molar refractivity (Wildman–Crippen MR) is 79.9 cm³/mol. The quantitative estimate of drug-likeness (QED) is 0.922. The minimum absolute atomic E-state index is 0.0864. The molecule has 3 unspecified atom stereocenters. The number of hydrogen-bond acceptors (Lipinski definition) is 3. The molecule has 0 radical (unpaired) electrons. The van der Waals surface area contributed by atoms with Crippen molar-refractivity contribution in [1.82, 2.24) is 0 Å². The van der Waals surface area contributed by atoms with Crippen LogP contribution in [0, 0.1) is 5.92 Å².